The maximum atomic E-state index is 13.8. The number of halogens is 2. The average molecular weight is 399 g/mol. The van der Waals surface area contributed by atoms with Gasteiger partial charge >= 0.3 is 6.03 Å². The summed E-state index contributed by atoms with van der Waals surface area (Å²) in [6.07, 6.45) is 0.276. The van der Waals surface area contributed by atoms with Gasteiger partial charge in [-0.15, -0.1) is 0 Å². The summed E-state index contributed by atoms with van der Waals surface area (Å²) < 4.78 is 14.4. The first-order valence-corrected chi connectivity index (χ1v) is 8.60. The zero-order valence-corrected chi connectivity index (χ0v) is 15.4. The Morgan fingerprint density at radius 3 is 2.54 bits per heavy atom. The van der Waals surface area contributed by atoms with E-state index in [1.54, 1.807) is 6.07 Å². The van der Waals surface area contributed by atoms with Crippen LogP contribution in [0, 0.1) is 11.7 Å². The van der Waals surface area contributed by atoms with Crippen molar-refractivity contribution < 1.29 is 18.8 Å². The first kappa shape index (κ1) is 18.6. The molecule has 1 aliphatic rings. The molecule has 1 N–H and O–H groups in total. The van der Waals surface area contributed by atoms with Crippen molar-refractivity contribution in [2.45, 2.75) is 39.2 Å². The number of carbonyl (C=O) groups is 3. The van der Waals surface area contributed by atoms with Gasteiger partial charge in [0.25, 0.3) is 5.91 Å². The van der Waals surface area contributed by atoms with Crippen molar-refractivity contribution in [3.8, 4) is 0 Å². The van der Waals surface area contributed by atoms with Crippen LogP contribution in [0.3, 0.4) is 0 Å². The quantitative estimate of drug-likeness (QED) is 0.748. The van der Waals surface area contributed by atoms with Crippen molar-refractivity contribution in [3.63, 3.8) is 0 Å². The first-order valence-electron chi connectivity index (χ1n) is 7.81. The van der Waals surface area contributed by atoms with Gasteiger partial charge in [-0.2, -0.15) is 0 Å². The summed E-state index contributed by atoms with van der Waals surface area (Å²) in [5.74, 6) is -1.38. The van der Waals surface area contributed by atoms with Crippen LogP contribution in [0.4, 0.5) is 9.18 Å². The monoisotopic (exact) mass is 398 g/mol. The molecule has 1 aromatic rings. The number of urea groups is 1. The van der Waals surface area contributed by atoms with Crippen LogP contribution in [0.25, 0.3) is 0 Å². The van der Waals surface area contributed by atoms with Gasteiger partial charge in [0.2, 0.25) is 0 Å². The number of amides is 3. The lowest BCUT2D eigenvalue weighted by Crippen LogP contribution is -2.51. The van der Waals surface area contributed by atoms with Gasteiger partial charge in [0.05, 0.1) is 6.54 Å². The largest absolute Gasteiger partial charge is 0.325 e. The number of hydrogen-bond donors (Lipinski definition) is 1. The molecule has 0 saturated carbocycles. The van der Waals surface area contributed by atoms with E-state index in [4.69, 9.17) is 0 Å². The van der Waals surface area contributed by atoms with Crippen LogP contribution in [0.2, 0.25) is 0 Å². The molecule has 0 aliphatic carbocycles. The normalized spacial score (nSPS) is 20.7. The molecule has 0 aromatic heterocycles. The maximum Gasteiger partial charge on any atom is 0.325 e. The molecule has 3 amide bonds. The SMILES string of the molecule is CCC1(C(C)C)NC(=O)N(CC(=O)Cc2ccc(Br)cc2F)C1=O. The topological polar surface area (TPSA) is 66.5 Å². The fourth-order valence-corrected chi connectivity index (χ4v) is 3.27. The fourth-order valence-electron chi connectivity index (χ4n) is 2.94. The van der Waals surface area contributed by atoms with Gasteiger partial charge in [0, 0.05) is 10.9 Å². The predicted molar refractivity (Wildman–Crippen MR) is 90.9 cm³/mol. The number of hydrogen-bond acceptors (Lipinski definition) is 3. The second kappa shape index (κ2) is 7.01. The Morgan fingerprint density at radius 1 is 1.38 bits per heavy atom. The molecule has 130 valence electrons. The molecule has 24 heavy (non-hydrogen) atoms. The highest BCUT2D eigenvalue weighted by Gasteiger charge is 2.52. The number of nitrogens with one attached hydrogen (secondary N) is 1. The molecule has 2 rings (SSSR count). The minimum absolute atomic E-state index is 0.0945. The standard InChI is InChI=1S/C17H20BrFN2O3/c1-4-17(10(2)3)15(23)21(16(24)20-17)9-13(22)7-11-5-6-12(18)8-14(11)19/h5-6,8,10H,4,7,9H2,1-3H3,(H,20,24). The molecule has 1 unspecified atom stereocenters. The van der Waals surface area contributed by atoms with E-state index in [2.05, 4.69) is 21.2 Å². The Bertz CT molecular complexity index is 692. The zero-order chi connectivity index (χ0) is 18.1. The molecule has 0 radical (unpaired) electrons. The van der Waals surface area contributed by atoms with Crippen molar-refractivity contribution in [2.75, 3.05) is 6.54 Å². The van der Waals surface area contributed by atoms with Crippen LogP contribution >= 0.6 is 15.9 Å². The third-order valence-corrected chi connectivity index (χ3v) is 4.98. The molecule has 1 aromatic carbocycles. The van der Waals surface area contributed by atoms with Crippen molar-refractivity contribution in [2.24, 2.45) is 5.92 Å². The molecule has 7 heteroatoms. The molecular weight excluding hydrogens is 379 g/mol. The van der Waals surface area contributed by atoms with E-state index < -0.39 is 29.1 Å². The van der Waals surface area contributed by atoms with E-state index in [0.717, 1.165) is 4.90 Å². The van der Waals surface area contributed by atoms with Crippen molar-refractivity contribution in [1.29, 1.82) is 0 Å². The lowest BCUT2D eigenvalue weighted by atomic mass is 9.84. The highest BCUT2D eigenvalue weighted by Crippen LogP contribution is 2.29. The minimum atomic E-state index is -0.972. The van der Waals surface area contributed by atoms with E-state index >= 15 is 0 Å². The Kier molecular flexibility index (Phi) is 5.42. The first-order chi connectivity index (χ1) is 11.2. The molecule has 1 heterocycles. The van der Waals surface area contributed by atoms with Crippen molar-refractivity contribution in [1.82, 2.24) is 10.2 Å². The average Bonchev–Trinajstić information content (AvgIpc) is 2.75. The summed E-state index contributed by atoms with van der Waals surface area (Å²) in [5.41, 5.74) is -0.735. The number of Topliss-reactive ketones (excluding diaryl/α,β-unsaturated/α-hetero) is 1. The lowest BCUT2D eigenvalue weighted by molar-refractivity contribution is -0.135. The zero-order valence-electron chi connectivity index (χ0n) is 13.9. The Labute approximate surface area is 148 Å². The smallest absolute Gasteiger partial charge is 0.323 e. The van der Waals surface area contributed by atoms with E-state index in [1.807, 2.05) is 20.8 Å². The van der Waals surface area contributed by atoms with Gasteiger partial charge in [-0.25, -0.2) is 9.18 Å². The predicted octanol–water partition coefficient (Wildman–Crippen LogP) is 3.06. The van der Waals surface area contributed by atoms with Crippen LogP contribution in [-0.2, 0) is 16.0 Å². The van der Waals surface area contributed by atoms with Gasteiger partial charge in [0.15, 0.2) is 5.78 Å². The number of ketones is 1. The van der Waals surface area contributed by atoms with Crippen molar-refractivity contribution in [3.05, 3.63) is 34.1 Å². The van der Waals surface area contributed by atoms with Crippen LogP contribution in [-0.4, -0.2) is 34.7 Å². The minimum Gasteiger partial charge on any atom is -0.323 e. The van der Waals surface area contributed by atoms with Crippen LogP contribution in [0.1, 0.15) is 32.8 Å². The fraction of sp³-hybridized carbons (Fsp3) is 0.471. The summed E-state index contributed by atoms with van der Waals surface area (Å²) in [7, 11) is 0. The summed E-state index contributed by atoms with van der Waals surface area (Å²) in [6, 6.07) is 3.85. The highest BCUT2D eigenvalue weighted by atomic mass is 79.9. The Hall–Kier alpha value is -1.76. The van der Waals surface area contributed by atoms with Gasteiger partial charge in [-0.3, -0.25) is 14.5 Å². The van der Waals surface area contributed by atoms with Crippen LogP contribution in [0.15, 0.2) is 22.7 Å². The molecular formula is C17H20BrFN2O3. The van der Waals surface area contributed by atoms with Gasteiger partial charge in [0.1, 0.15) is 11.4 Å². The molecule has 1 saturated heterocycles. The second-order valence-corrected chi connectivity index (χ2v) is 7.17. The lowest BCUT2D eigenvalue weighted by Gasteiger charge is -2.29. The van der Waals surface area contributed by atoms with E-state index in [1.165, 1.54) is 12.1 Å². The van der Waals surface area contributed by atoms with Gasteiger partial charge in [-0.1, -0.05) is 42.8 Å². The number of imide groups is 1. The van der Waals surface area contributed by atoms with Crippen LogP contribution < -0.4 is 5.32 Å². The van der Waals surface area contributed by atoms with Crippen LogP contribution in [0.5, 0.6) is 0 Å². The maximum absolute atomic E-state index is 13.8. The Morgan fingerprint density at radius 2 is 2.04 bits per heavy atom. The van der Waals surface area contributed by atoms with E-state index in [-0.39, 0.29) is 24.4 Å². The second-order valence-electron chi connectivity index (χ2n) is 6.25. The van der Waals surface area contributed by atoms with Crippen molar-refractivity contribution >= 4 is 33.7 Å². The van der Waals surface area contributed by atoms with Gasteiger partial charge in [-0.05, 0) is 30.0 Å². The number of carbonyl (C=O) groups excluding carboxylic acids is 3. The summed E-state index contributed by atoms with van der Waals surface area (Å²) >= 11 is 3.15. The molecule has 5 nitrogen and oxygen atoms in total. The molecule has 1 fully saturated rings. The molecule has 1 aliphatic heterocycles. The van der Waals surface area contributed by atoms with E-state index in [0.29, 0.717) is 10.9 Å². The third kappa shape index (κ3) is 3.36. The third-order valence-electron chi connectivity index (χ3n) is 4.48. The molecule has 0 bridgehead atoms. The molecule has 0 spiro atoms. The summed E-state index contributed by atoms with van der Waals surface area (Å²) in [5, 5.41) is 2.71. The summed E-state index contributed by atoms with van der Waals surface area (Å²) in [6.45, 7) is 5.17. The number of benzene rings is 1. The summed E-state index contributed by atoms with van der Waals surface area (Å²) in [4.78, 5) is 37.9. The number of nitrogens with zero attached hydrogens (tertiary/aromatic N) is 1. The Balaban J connectivity index is 2.11. The highest BCUT2D eigenvalue weighted by molar-refractivity contribution is 9.10. The van der Waals surface area contributed by atoms with Gasteiger partial charge < -0.3 is 5.32 Å². The number of rotatable bonds is 6. The molecule has 1 atom stereocenters. The van der Waals surface area contributed by atoms with E-state index in [9.17, 15) is 18.8 Å².